The van der Waals surface area contributed by atoms with Gasteiger partial charge in [-0.3, -0.25) is 0 Å². The lowest BCUT2D eigenvalue weighted by Crippen LogP contribution is -2.32. The number of aliphatic hydroxyl groups is 1. The van der Waals surface area contributed by atoms with Crippen molar-refractivity contribution in [2.45, 2.75) is 19.4 Å². The molecule has 3 heteroatoms. The lowest BCUT2D eigenvalue weighted by molar-refractivity contribution is 0.242. The highest BCUT2D eigenvalue weighted by molar-refractivity contribution is 7.98. The highest BCUT2D eigenvalue weighted by atomic mass is 32.2. The van der Waals surface area contributed by atoms with Gasteiger partial charge < -0.3 is 10.4 Å². The molecule has 0 heterocycles. The maximum absolute atomic E-state index is 8.81. The van der Waals surface area contributed by atoms with Gasteiger partial charge in [0.25, 0.3) is 0 Å². The Morgan fingerprint density at radius 2 is 2.30 bits per heavy atom. The zero-order valence-corrected chi connectivity index (χ0v) is 7.58. The predicted molar refractivity (Wildman–Crippen MR) is 47.5 cm³/mol. The van der Waals surface area contributed by atoms with Gasteiger partial charge >= 0.3 is 0 Å². The third kappa shape index (κ3) is 5.09. The van der Waals surface area contributed by atoms with Crippen LogP contribution in [0.25, 0.3) is 0 Å². The monoisotopic (exact) mass is 163 g/mol. The van der Waals surface area contributed by atoms with E-state index in [1.165, 1.54) is 0 Å². The third-order valence-corrected chi connectivity index (χ3v) is 2.03. The smallest absolute Gasteiger partial charge is 0.0584 e. The second-order valence-electron chi connectivity index (χ2n) is 2.22. The van der Waals surface area contributed by atoms with Crippen molar-refractivity contribution in [2.75, 3.05) is 25.2 Å². The minimum Gasteiger partial charge on any atom is -0.395 e. The maximum Gasteiger partial charge on any atom is 0.0584 e. The molecule has 2 N–H and O–H groups in total. The highest BCUT2D eigenvalue weighted by Crippen LogP contribution is 1.99. The van der Waals surface area contributed by atoms with E-state index in [4.69, 9.17) is 5.11 Å². The Morgan fingerprint density at radius 1 is 1.60 bits per heavy atom. The molecule has 0 aliphatic carbocycles. The number of likely N-dealkylation sites (N-methyl/N-ethyl adjacent to an activating group) is 1. The summed E-state index contributed by atoms with van der Waals surface area (Å²) in [5.41, 5.74) is 0. The minimum atomic E-state index is 0.258. The van der Waals surface area contributed by atoms with E-state index in [-0.39, 0.29) is 6.61 Å². The summed E-state index contributed by atoms with van der Waals surface area (Å²) in [5.74, 6) is 1.12. The van der Waals surface area contributed by atoms with Gasteiger partial charge in [0.2, 0.25) is 0 Å². The van der Waals surface area contributed by atoms with Gasteiger partial charge in [-0.1, -0.05) is 6.92 Å². The molecule has 0 saturated heterocycles. The first-order valence-corrected chi connectivity index (χ1v) is 5.07. The summed E-state index contributed by atoms with van der Waals surface area (Å²) in [5, 5.41) is 12.0. The number of rotatable bonds is 6. The van der Waals surface area contributed by atoms with Crippen molar-refractivity contribution >= 4 is 11.8 Å². The van der Waals surface area contributed by atoms with Crippen LogP contribution in [0.1, 0.15) is 13.3 Å². The molecular weight excluding hydrogens is 146 g/mol. The first-order chi connectivity index (χ1) is 4.85. The number of hydrogen-bond donors (Lipinski definition) is 2. The summed E-state index contributed by atoms with van der Waals surface area (Å²) in [6.07, 6.45) is 3.14. The molecule has 0 aliphatic heterocycles. The van der Waals surface area contributed by atoms with Crippen LogP contribution in [0.4, 0.5) is 0 Å². The van der Waals surface area contributed by atoms with Crippen LogP contribution in [-0.4, -0.2) is 36.3 Å². The molecule has 62 valence electrons. The SMILES string of the molecule is CCN[C@@H](CO)CCSC. The van der Waals surface area contributed by atoms with E-state index in [0.717, 1.165) is 18.7 Å². The van der Waals surface area contributed by atoms with Crippen molar-refractivity contribution in [1.29, 1.82) is 0 Å². The average Bonchev–Trinajstić information content (AvgIpc) is 1.98. The zero-order chi connectivity index (χ0) is 7.82. The molecule has 0 bridgehead atoms. The summed E-state index contributed by atoms with van der Waals surface area (Å²) in [4.78, 5) is 0. The Hall–Kier alpha value is 0.270. The van der Waals surface area contributed by atoms with Crippen LogP contribution in [0.5, 0.6) is 0 Å². The summed E-state index contributed by atoms with van der Waals surface area (Å²) in [6, 6.07) is 0.303. The topological polar surface area (TPSA) is 32.3 Å². The molecule has 0 aliphatic rings. The van der Waals surface area contributed by atoms with Crippen LogP contribution in [0.15, 0.2) is 0 Å². The fourth-order valence-corrected chi connectivity index (χ4v) is 1.33. The van der Waals surface area contributed by atoms with E-state index in [9.17, 15) is 0 Å². The van der Waals surface area contributed by atoms with Crippen LogP contribution in [0.3, 0.4) is 0 Å². The normalized spacial score (nSPS) is 13.5. The summed E-state index contributed by atoms with van der Waals surface area (Å²) in [6.45, 7) is 3.26. The first kappa shape index (κ1) is 10.3. The van der Waals surface area contributed by atoms with E-state index in [0.29, 0.717) is 6.04 Å². The number of nitrogens with one attached hydrogen (secondary N) is 1. The summed E-state index contributed by atoms with van der Waals surface area (Å²) in [7, 11) is 0. The van der Waals surface area contributed by atoms with Gasteiger partial charge in [-0.25, -0.2) is 0 Å². The fraction of sp³-hybridized carbons (Fsp3) is 1.00. The third-order valence-electron chi connectivity index (χ3n) is 1.38. The van der Waals surface area contributed by atoms with Gasteiger partial charge in [-0.15, -0.1) is 0 Å². The molecular formula is C7H17NOS. The molecule has 0 aromatic rings. The van der Waals surface area contributed by atoms with E-state index < -0.39 is 0 Å². The van der Waals surface area contributed by atoms with E-state index in [2.05, 4.69) is 18.5 Å². The minimum absolute atomic E-state index is 0.258. The largest absolute Gasteiger partial charge is 0.395 e. The Morgan fingerprint density at radius 3 is 2.70 bits per heavy atom. The van der Waals surface area contributed by atoms with Crippen LogP contribution < -0.4 is 5.32 Å². The molecule has 0 saturated carbocycles. The van der Waals surface area contributed by atoms with Crippen molar-refractivity contribution in [2.24, 2.45) is 0 Å². The molecule has 0 aromatic heterocycles. The predicted octanol–water partition coefficient (Wildman–Crippen LogP) is 0.710. The summed E-state index contributed by atoms with van der Waals surface area (Å²) >= 11 is 1.82. The molecule has 0 spiro atoms. The molecule has 1 atom stereocenters. The van der Waals surface area contributed by atoms with Gasteiger partial charge in [-0.2, -0.15) is 11.8 Å². The molecule has 10 heavy (non-hydrogen) atoms. The van der Waals surface area contributed by atoms with E-state index in [1.54, 1.807) is 0 Å². The first-order valence-electron chi connectivity index (χ1n) is 3.68. The fourth-order valence-electron chi connectivity index (χ4n) is 0.807. The molecule has 0 rings (SSSR count). The quantitative estimate of drug-likeness (QED) is 0.605. The van der Waals surface area contributed by atoms with Crippen molar-refractivity contribution in [1.82, 2.24) is 5.32 Å². The second-order valence-corrected chi connectivity index (χ2v) is 3.20. The number of aliphatic hydroxyl groups excluding tert-OH is 1. The Labute approximate surface area is 67.4 Å². The average molecular weight is 163 g/mol. The number of hydrogen-bond acceptors (Lipinski definition) is 3. The van der Waals surface area contributed by atoms with Crippen LogP contribution in [0, 0.1) is 0 Å². The van der Waals surface area contributed by atoms with Gasteiger partial charge in [-0.05, 0) is 25.0 Å². The number of thioether (sulfide) groups is 1. The molecule has 0 aromatic carbocycles. The molecule has 2 nitrogen and oxygen atoms in total. The molecule has 0 radical (unpaired) electrons. The Kier molecular flexibility index (Phi) is 7.58. The van der Waals surface area contributed by atoms with E-state index in [1.807, 2.05) is 11.8 Å². The van der Waals surface area contributed by atoms with Crippen molar-refractivity contribution in [3.8, 4) is 0 Å². The molecule has 0 fully saturated rings. The van der Waals surface area contributed by atoms with Crippen molar-refractivity contribution in [3.05, 3.63) is 0 Å². The lowest BCUT2D eigenvalue weighted by Gasteiger charge is -2.13. The van der Waals surface area contributed by atoms with Crippen LogP contribution in [0.2, 0.25) is 0 Å². The van der Waals surface area contributed by atoms with Gasteiger partial charge in [0.1, 0.15) is 0 Å². The van der Waals surface area contributed by atoms with Crippen LogP contribution >= 0.6 is 11.8 Å². The molecule has 0 unspecified atom stereocenters. The Bertz CT molecular complexity index is 70.6. The van der Waals surface area contributed by atoms with Crippen molar-refractivity contribution < 1.29 is 5.11 Å². The lowest BCUT2D eigenvalue weighted by atomic mass is 10.2. The highest BCUT2D eigenvalue weighted by Gasteiger charge is 2.02. The summed E-state index contributed by atoms with van der Waals surface area (Å²) < 4.78 is 0. The second kappa shape index (κ2) is 7.38. The maximum atomic E-state index is 8.81. The molecule has 0 amide bonds. The Balaban J connectivity index is 3.21. The zero-order valence-electron chi connectivity index (χ0n) is 6.76. The van der Waals surface area contributed by atoms with Crippen molar-refractivity contribution in [3.63, 3.8) is 0 Å². The van der Waals surface area contributed by atoms with Crippen LogP contribution in [-0.2, 0) is 0 Å². The van der Waals surface area contributed by atoms with Gasteiger partial charge in [0, 0.05) is 6.04 Å². The van der Waals surface area contributed by atoms with E-state index >= 15 is 0 Å². The van der Waals surface area contributed by atoms with Gasteiger partial charge in [0.15, 0.2) is 0 Å². The van der Waals surface area contributed by atoms with Gasteiger partial charge in [0.05, 0.1) is 6.61 Å². The standard InChI is InChI=1S/C7H17NOS/c1-3-8-7(6-9)4-5-10-2/h7-9H,3-6H2,1-2H3/t7-/m1/s1.